The Morgan fingerprint density at radius 3 is 1.25 bits per heavy atom. The second kappa shape index (κ2) is 11.5. The van der Waals surface area contributed by atoms with E-state index >= 15 is 0 Å². The highest BCUT2D eigenvalue weighted by Gasteiger charge is 2.08. The van der Waals surface area contributed by atoms with E-state index in [9.17, 15) is 0 Å². The highest BCUT2D eigenvalue weighted by atomic mass is 32.2. The lowest BCUT2D eigenvalue weighted by Gasteiger charge is -2.16. The van der Waals surface area contributed by atoms with Crippen LogP contribution in [-0.4, -0.2) is 5.75 Å². The Balaban J connectivity index is -0.000000244. The van der Waals surface area contributed by atoms with Crippen LogP contribution in [-0.2, 0) is 0 Å². The molecular formula is C18H39NS. The SMILES string of the molecule is CC(C)(C)C.CC(C)(C)C.CC(C)(C)CCCSC#N. The molecule has 0 aliphatic carbocycles. The molecule has 0 rings (SSSR count). The van der Waals surface area contributed by atoms with Crippen LogP contribution in [0.25, 0.3) is 0 Å². The Labute approximate surface area is 133 Å². The monoisotopic (exact) mass is 301 g/mol. The van der Waals surface area contributed by atoms with Crippen LogP contribution in [0, 0.1) is 26.9 Å². The Hall–Kier alpha value is -0.160. The third-order valence-corrected chi connectivity index (χ3v) is 1.86. The number of nitriles is 1. The molecule has 0 aliphatic rings. The lowest BCUT2D eigenvalue weighted by atomic mass is 9.91. The summed E-state index contributed by atoms with van der Waals surface area (Å²) in [6.45, 7) is 24.2. The van der Waals surface area contributed by atoms with Gasteiger partial charge in [-0.1, -0.05) is 76.2 Å². The summed E-state index contributed by atoms with van der Waals surface area (Å²) in [5, 5.41) is 10.3. The van der Waals surface area contributed by atoms with Gasteiger partial charge >= 0.3 is 0 Å². The van der Waals surface area contributed by atoms with Gasteiger partial charge in [0.15, 0.2) is 0 Å². The maximum atomic E-state index is 8.21. The molecule has 0 unspecified atom stereocenters. The van der Waals surface area contributed by atoms with E-state index in [4.69, 9.17) is 5.26 Å². The first kappa shape index (κ1) is 24.8. The molecule has 0 amide bonds. The third-order valence-electron chi connectivity index (χ3n) is 1.24. The molecule has 0 saturated heterocycles. The van der Waals surface area contributed by atoms with Crippen molar-refractivity contribution < 1.29 is 0 Å². The molecule has 2 heteroatoms. The lowest BCUT2D eigenvalue weighted by Crippen LogP contribution is -2.04. The molecule has 0 spiro atoms. The minimum atomic E-state index is 0.427. The maximum absolute atomic E-state index is 8.21. The Morgan fingerprint density at radius 1 is 0.750 bits per heavy atom. The molecule has 20 heavy (non-hydrogen) atoms. The van der Waals surface area contributed by atoms with Gasteiger partial charge in [-0.3, -0.25) is 0 Å². The molecular weight excluding hydrogens is 262 g/mol. The number of hydrogen-bond donors (Lipinski definition) is 0. The molecule has 0 atom stereocenters. The molecule has 0 bridgehead atoms. The first-order chi connectivity index (χ1) is 8.56. The van der Waals surface area contributed by atoms with Crippen molar-refractivity contribution in [2.75, 3.05) is 5.75 Å². The van der Waals surface area contributed by atoms with Gasteiger partial charge in [-0.05, 0) is 40.8 Å². The zero-order valence-corrected chi connectivity index (χ0v) is 16.8. The number of hydrogen-bond acceptors (Lipinski definition) is 2. The summed E-state index contributed by atoms with van der Waals surface area (Å²) in [6, 6.07) is 0. The van der Waals surface area contributed by atoms with Gasteiger partial charge in [-0.25, -0.2) is 0 Å². The van der Waals surface area contributed by atoms with Gasteiger partial charge in [0.25, 0.3) is 0 Å². The van der Waals surface area contributed by atoms with Crippen molar-refractivity contribution >= 4 is 11.8 Å². The average molecular weight is 302 g/mol. The van der Waals surface area contributed by atoms with Crippen LogP contribution in [0.1, 0.15) is 89.0 Å². The van der Waals surface area contributed by atoms with Gasteiger partial charge in [0.1, 0.15) is 5.40 Å². The number of nitrogens with zero attached hydrogens (tertiary/aromatic N) is 1. The van der Waals surface area contributed by atoms with Crippen LogP contribution in [0.2, 0.25) is 0 Å². The fourth-order valence-electron chi connectivity index (χ4n) is 0.720. The second-order valence-electron chi connectivity index (χ2n) is 9.60. The van der Waals surface area contributed by atoms with E-state index < -0.39 is 0 Å². The minimum Gasteiger partial charge on any atom is -0.185 e. The van der Waals surface area contributed by atoms with Gasteiger partial charge < -0.3 is 0 Å². The molecule has 0 aliphatic heterocycles. The third kappa shape index (κ3) is 108. The largest absolute Gasteiger partial charge is 0.185 e. The van der Waals surface area contributed by atoms with Crippen molar-refractivity contribution in [3.8, 4) is 5.40 Å². The topological polar surface area (TPSA) is 23.8 Å². The molecule has 0 heterocycles. The first-order valence-electron chi connectivity index (χ1n) is 7.57. The molecule has 0 aromatic rings. The van der Waals surface area contributed by atoms with Crippen molar-refractivity contribution in [2.45, 2.75) is 89.0 Å². The van der Waals surface area contributed by atoms with Crippen LogP contribution in [0.3, 0.4) is 0 Å². The fourth-order valence-corrected chi connectivity index (χ4v) is 1.10. The van der Waals surface area contributed by atoms with Crippen LogP contribution in [0.4, 0.5) is 0 Å². The Kier molecular flexibility index (Phi) is 14.3. The fraction of sp³-hybridized carbons (Fsp3) is 0.944. The van der Waals surface area contributed by atoms with Crippen LogP contribution in [0.5, 0.6) is 0 Å². The normalized spacial score (nSPS) is 11.5. The van der Waals surface area contributed by atoms with E-state index in [1.807, 2.05) is 0 Å². The molecule has 0 fully saturated rings. The minimum absolute atomic E-state index is 0.427. The zero-order chi connectivity index (χ0) is 17.0. The van der Waals surface area contributed by atoms with Gasteiger partial charge in [0.05, 0.1) is 0 Å². The van der Waals surface area contributed by atoms with Crippen LogP contribution >= 0.6 is 11.8 Å². The van der Waals surface area contributed by atoms with Crippen molar-refractivity contribution in [3.05, 3.63) is 0 Å². The number of thioether (sulfide) groups is 1. The summed E-state index contributed by atoms with van der Waals surface area (Å²) in [5.41, 5.74) is 1.43. The molecule has 1 nitrogen and oxygen atoms in total. The van der Waals surface area contributed by atoms with E-state index in [2.05, 4.69) is 81.6 Å². The standard InChI is InChI=1S/C8H15NS.2C5H12/c1-8(2,3)5-4-6-10-7-9;2*1-5(2,3)4/h4-6H2,1-3H3;2*1-4H3. The smallest absolute Gasteiger partial charge is 0.133 e. The summed E-state index contributed by atoms with van der Waals surface area (Å²) < 4.78 is 0. The Morgan fingerprint density at radius 2 is 1.05 bits per heavy atom. The van der Waals surface area contributed by atoms with E-state index in [0.29, 0.717) is 16.2 Å². The summed E-state index contributed by atoms with van der Waals surface area (Å²) >= 11 is 1.35. The summed E-state index contributed by atoms with van der Waals surface area (Å²) in [4.78, 5) is 0. The zero-order valence-electron chi connectivity index (χ0n) is 16.0. The number of thiocyanates is 1. The predicted octanol–water partition coefficient (Wildman–Crippen LogP) is 7.13. The molecule has 0 aromatic carbocycles. The van der Waals surface area contributed by atoms with Gasteiger partial charge in [0, 0.05) is 5.75 Å². The van der Waals surface area contributed by atoms with Gasteiger partial charge in [-0.2, -0.15) is 5.26 Å². The quantitative estimate of drug-likeness (QED) is 0.409. The molecule has 0 N–H and O–H groups in total. The van der Waals surface area contributed by atoms with Gasteiger partial charge in [-0.15, -0.1) is 0 Å². The second-order valence-corrected chi connectivity index (χ2v) is 10.5. The summed E-state index contributed by atoms with van der Waals surface area (Å²) in [7, 11) is 0. The van der Waals surface area contributed by atoms with E-state index in [1.165, 1.54) is 18.2 Å². The summed E-state index contributed by atoms with van der Waals surface area (Å²) in [6.07, 6.45) is 2.36. The van der Waals surface area contributed by atoms with Crippen molar-refractivity contribution in [1.29, 1.82) is 5.26 Å². The molecule has 0 aromatic heterocycles. The van der Waals surface area contributed by atoms with Crippen LogP contribution < -0.4 is 0 Å². The van der Waals surface area contributed by atoms with Crippen molar-refractivity contribution in [1.82, 2.24) is 0 Å². The van der Waals surface area contributed by atoms with E-state index in [-0.39, 0.29) is 0 Å². The van der Waals surface area contributed by atoms with Crippen LogP contribution in [0.15, 0.2) is 0 Å². The van der Waals surface area contributed by atoms with E-state index in [1.54, 1.807) is 0 Å². The molecule has 0 radical (unpaired) electrons. The maximum Gasteiger partial charge on any atom is 0.133 e. The first-order valence-corrected chi connectivity index (χ1v) is 8.56. The molecule has 0 saturated carbocycles. The predicted molar refractivity (Wildman–Crippen MR) is 97.0 cm³/mol. The lowest BCUT2D eigenvalue weighted by molar-refractivity contribution is 0.375. The summed E-state index contributed by atoms with van der Waals surface area (Å²) in [5.74, 6) is 0.980. The van der Waals surface area contributed by atoms with Gasteiger partial charge in [0.2, 0.25) is 0 Å². The highest BCUT2D eigenvalue weighted by molar-refractivity contribution is 8.03. The highest BCUT2D eigenvalue weighted by Crippen LogP contribution is 2.21. The Bertz CT molecular complexity index is 219. The molecule has 122 valence electrons. The number of rotatable bonds is 3. The van der Waals surface area contributed by atoms with Crippen molar-refractivity contribution in [3.63, 3.8) is 0 Å². The average Bonchev–Trinajstić information content (AvgIpc) is 2.05. The van der Waals surface area contributed by atoms with E-state index in [0.717, 1.165) is 12.2 Å². The van der Waals surface area contributed by atoms with Crippen molar-refractivity contribution in [2.24, 2.45) is 16.2 Å².